The van der Waals surface area contributed by atoms with Gasteiger partial charge in [0.15, 0.2) is 0 Å². The predicted molar refractivity (Wildman–Crippen MR) is 85.6 cm³/mol. The van der Waals surface area contributed by atoms with Crippen molar-refractivity contribution in [1.82, 2.24) is 0 Å². The zero-order valence-corrected chi connectivity index (χ0v) is 13.1. The zero-order valence-electron chi connectivity index (χ0n) is 13.1. The van der Waals surface area contributed by atoms with Gasteiger partial charge in [-0.05, 0) is 32.1 Å². The molecule has 0 atom stereocenters. The Hall–Kier alpha value is -2.89. The molecule has 1 aromatic carbocycles. The summed E-state index contributed by atoms with van der Waals surface area (Å²) in [7, 11) is 0. The van der Waals surface area contributed by atoms with Gasteiger partial charge in [0.25, 0.3) is 0 Å². The third kappa shape index (κ3) is 7.08. The Bertz CT molecular complexity index is 605. The van der Waals surface area contributed by atoms with E-state index in [2.05, 4.69) is 5.32 Å². The smallest absolute Gasteiger partial charge is 0.338 e. The maximum Gasteiger partial charge on any atom is 0.338 e. The van der Waals surface area contributed by atoms with Gasteiger partial charge in [-0.25, -0.2) is 9.59 Å². The van der Waals surface area contributed by atoms with E-state index in [0.29, 0.717) is 5.69 Å². The van der Waals surface area contributed by atoms with Gasteiger partial charge < -0.3 is 14.8 Å². The van der Waals surface area contributed by atoms with Crippen LogP contribution in [0.1, 0.15) is 13.8 Å². The Morgan fingerprint density at radius 2 is 1.65 bits per heavy atom. The highest BCUT2D eigenvalue weighted by Crippen LogP contribution is 2.06. The molecule has 6 nitrogen and oxygen atoms in total. The summed E-state index contributed by atoms with van der Waals surface area (Å²) in [5.74, 6) is -1.82. The van der Waals surface area contributed by atoms with Crippen LogP contribution in [0.3, 0.4) is 0 Å². The fourth-order valence-electron chi connectivity index (χ4n) is 1.57. The van der Waals surface area contributed by atoms with Gasteiger partial charge in [-0.2, -0.15) is 0 Å². The fourth-order valence-corrected chi connectivity index (χ4v) is 1.57. The van der Waals surface area contributed by atoms with Crippen LogP contribution in [-0.2, 0) is 23.9 Å². The maximum atomic E-state index is 11.8. The predicted octanol–water partition coefficient (Wildman–Crippen LogP) is 2.23. The molecule has 0 heterocycles. The summed E-state index contributed by atoms with van der Waals surface area (Å²) in [5, 5.41) is 2.63. The molecule has 122 valence electrons. The van der Waals surface area contributed by atoms with Crippen molar-refractivity contribution >= 4 is 23.5 Å². The molecule has 1 aromatic rings. The number of para-hydroxylation sites is 1. The molecule has 0 saturated heterocycles. The van der Waals surface area contributed by atoms with Crippen LogP contribution >= 0.6 is 0 Å². The average Bonchev–Trinajstić information content (AvgIpc) is 2.52. The van der Waals surface area contributed by atoms with Gasteiger partial charge in [-0.1, -0.05) is 18.2 Å². The van der Waals surface area contributed by atoms with E-state index < -0.39 is 17.8 Å². The number of ether oxygens (including phenoxy) is 2. The number of benzene rings is 1. The van der Waals surface area contributed by atoms with Gasteiger partial charge in [-0.3, -0.25) is 4.79 Å². The number of rotatable bonds is 7. The summed E-state index contributed by atoms with van der Waals surface area (Å²) >= 11 is 0. The van der Waals surface area contributed by atoms with Crippen LogP contribution in [-0.4, -0.2) is 31.1 Å². The zero-order chi connectivity index (χ0) is 17.1. The van der Waals surface area contributed by atoms with Crippen LogP contribution < -0.4 is 5.32 Å². The summed E-state index contributed by atoms with van der Waals surface area (Å²) in [4.78, 5) is 35.0. The Morgan fingerprint density at radius 3 is 2.26 bits per heavy atom. The Labute approximate surface area is 134 Å². The molecule has 0 unspecified atom stereocenters. The molecular weight excluding hydrogens is 298 g/mol. The van der Waals surface area contributed by atoms with E-state index in [9.17, 15) is 14.4 Å². The number of carbonyl (C=O) groups excluding carboxylic acids is 3. The summed E-state index contributed by atoms with van der Waals surface area (Å²) in [6.45, 7) is 3.64. The lowest BCUT2D eigenvalue weighted by molar-refractivity contribution is -0.140. The van der Waals surface area contributed by atoms with E-state index in [1.807, 2.05) is 6.07 Å². The summed E-state index contributed by atoms with van der Waals surface area (Å²) in [6.07, 6.45) is 3.36. The van der Waals surface area contributed by atoms with Crippen molar-refractivity contribution in [3.8, 4) is 0 Å². The third-order valence-corrected chi connectivity index (χ3v) is 2.53. The second kappa shape index (κ2) is 9.94. The third-order valence-electron chi connectivity index (χ3n) is 2.53. The fraction of sp³-hybridized carbons (Fsp3) is 0.235. The van der Waals surface area contributed by atoms with E-state index in [4.69, 9.17) is 9.47 Å². The summed E-state index contributed by atoms with van der Waals surface area (Å²) < 4.78 is 9.58. The molecule has 6 heteroatoms. The molecule has 0 saturated carbocycles. The normalized spacial score (nSPS) is 11.1. The molecule has 23 heavy (non-hydrogen) atoms. The first kappa shape index (κ1) is 18.2. The molecule has 0 fully saturated rings. The molecule has 0 aliphatic rings. The average molecular weight is 317 g/mol. The van der Waals surface area contributed by atoms with Crippen molar-refractivity contribution in [1.29, 1.82) is 0 Å². The molecule has 0 aliphatic heterocycles. The van der Waals surface area contributed by atoms with Crippen LogP contribution in [0.15, 0.2) is 54.1 Å². The number of nitrogens with one attached hydrogen (secondary N) is 1. The highest BCUT2D eigenvalue weighted by molar-refractivity contribution is 6.03. The first-order valence-electron chi connectivity index (χ1n) is 7.16. The van der Waals surface area contributed by atoms with Crippen LogP contribution in [0.25, 0.3) is 0 Å². The molecular formula is C17H19NO5. The molecule has 0 bridgehead atoms. The lowest BCUT2D eigenvalue weighted by atomic mass is 10.2. The standard InChI is InChI=1S/C17H19NO5/c1-3-22-16(20)12-13(17(21)23-4-2)10-11-15(19)18-14-8-6-5-7-9-14/h5-12H,3-4H2,1-2H3,(H,18,19)/b11-10+,13-12-. The van der Waals surface area contributed by atoms with E-state index in [0.717, 1.165) is 12.2 Å². The topological polar surface area (TPSA) is 81.7 Å². The largest absolute Gasteiger partial charge is 0.463 e. The quantitative estimate of drug-likeness (QED) is 0.474. The highest BCUT2D eigenvalue weighted by atomic mass is 16.5. The lowest BCUT2D eigenvalue weighted by Gasteiger charge is -2.04. The first-order valence-corrected chi connectivity index (χ1v) is 7.16. The molecule has 1 amide bonds. The van der Waals surface area contributed by atoms with Crippen molar-refractivity contribution in [2.24, 2.45) is 0 Å². The van der Waals surface area contributed by atoms with Gasteiger partial charge in [0.2, 0.25) is 5.91 Å². The highest BCUT2D eigenvalue weighted by Gasteiger charge is 2.11. The number of amides is 1. The molecule has 0 aromatic heterocycles. The Balaban J connectivity index is 2.80. The minimum absolute atomic E-state index is 0.0616. The van der Waals surface area contributed by atoms with Crippen LogP contribution in [0.5, 0.6) is 0 Å². The number of hydrogen-bond acceptors (Lipinski definition) is 5. The number of carbonyl (C=O) groups is 3. The molecule has 1 N–H and O–H groups in total. The molecule has 0 aliphatic carbocycles. The van der Waals surface area contributed by atoms with Crippen molar-refractivity contribution in [2.75, 3.05) is 18.5 Å². The van der Waals surface area contributed by atoms with Gasteiger partial charge >= 0.3 is 11.9 Å². The Morgan fingerprint density at radius 1 is 1.00 bits per heavy atom. The second-order valence-corrected chi connectivity index (χ2v) is 4.26. The molecule has 1 rings (SSSR count). The monoisotopic (exact) mass is 317 g/mol. The van der Waals surface area contributed by atoms with Crippen LogP contribution in [0.2, 0.25) is 0 Å². The summed E-state index contributed by atoms with van der Waals surface area (Å²) in [6, 6.07) is 8.85. The number of esters is 2. The second-order valence-electron chi connectivity index (χ2n) is 4.26. The van der Waals surface area contributed by atoms with Crippen molar-refractivity contribution < 1.29 is 23.9 Å². The molecule has 0 radical (unpaired) electrons. The number of hydrogen-bond donors (Lipinski definition) is 1. The van der Waals surface area contributed by atoms with E-state index >= 15 is 0 Å². The van der Waals surface area contributed by atoms with E-state index in [1.54, 1.807) is 38.1 Å². The molecule has 0 spiro atoms. The van der Waals surface area contributed by atoms with Crippen LogP contribution in [0.4, 0.5) is 5.69 Å². The minimum Gasteiger partial charge on any atom is -0.463 e. The van der Waals surface area contributed by atoms with Crippen molar-refractivity contribution in [3.63, 3.8) is 0 Å². The lowest BCUT2D eigenvalue weighted by Crippen LogP contribution is -2.11. The van der Waals surface area contributed by atoms with Crippen LogP contribution in [0, 0.1) is 0 Å². The number of anilines is 1. The minimum atomic E-state index is -0.704. The van der Waals surface area contributed by atoms with Gasteiger partial charge in [0.05, 0.1) is 18.8 Å². The van der Waals surface area contributed by atoms with Gasteiger partial charge in [0.1, 0.15) is 0 Å². The van der Waals surface area contributed by atoms with Crippen molar-refractivity contribution in [3.05, 3.63) is 54.1 Å². The maximum absolute atomic E-state index is 11.8. The van der Waals surface area contributed by atoms with Crippen molar-refractivity contribution in [2.45, 2.75) is 13.8 Å². The van der Waals surface area contributed by atoms with Gasteiger partial charge in [0, 0.05) is 17.8 Å². The van der Waals surface area contributed by atoms with E-state index in [-0.39, 0.29) is 18.8 Å². The van der Waals surface area contributed by atoms with E-state index in [1.165, 1.54) is 6.08 Å². The summed E-state index contributed by atoms with van der Waals surface area (Å²) in [5.41, 5.74) is 0.558. The van der Waals surface area contributed by atoms with Gasteiger partial charge in [-0.15, -0.1) is 0 Å². The SMILES string of the molecule is CCOC(=O)/C=C(/C=C/C(=O)Nc1ccccc1)C(=O)OCC. The Kier molecular flexibility index (Phi) is 7.85. The first-order chi connectivity index (χ1) is 11.1.